The van der Waals surface area contributed by atoms with Crippen molar-refractivity contribution in [1.29, 1.82) is 0 Å². The number of nitrogens with zero attached hydrogens (tertiary/aromatic N) is 1. The molecular weight excluding hydrogens is 404 g/mol. The van der Waals surface area contributed by atoms with Gasteiger partial charge in [0.2, 0.25) is 0 Å². The minimum absolute atomic E-state index is 0.0561. The standard InChI is InChI=1S/C20H17F2NO5S/c21-14-7-5-12(10-15(14)22)16-8-6-13(28-16)11-17-19(26)23(20(27)29-17)9-3-1-2-4-18(24)25/h5-8,10-11H,1-4,9H2,(H,24,25)/b17-11-. The SMILES string of the molecule is O=C(O)CCCCCN1C(=O)S/C(=C\c2ccc(-c3ccc(F)c(F)c3)o2)C1=O. The van der Waals surface area contributed by atoms with Gasteiger partial charge in [-0.25, -0.2) is 8.78 Å². The van der Waals surface area contributed by atoms with E-state index in [1.807, 2.05) is 0 Å². The van der Waals surface area contributed by atoms with Gasteiger partial charge in [-0.15, -0.1) is 0 Å². The van der Waals surface area contributed by atoms with E-state index >= 15 is 0 Å². The summed E-state index contributed by atoms with van der Waals surface area (Å²) in [6.45, 7) is 0.222. The fourth-order valence-corrected chi connectivity index (χ4v) is 3.62. The summed E-state index contributed by atoms with van der Waals surface area (Å²) in [5, 5.41) is 8.21. The van der Waals surface area contributed by atoms with Crippen LogP contribution in [0.3, 0.4) is 0 Å². The zero-order valence-electron chi connectivity index (χ0n) is 15.2. The van der Waals surface area contributed by atoms with Gasteiger partial charge in [0.1, 0.15) is 11.5 Å². The first-order chi connectivity index (χ1) is 13.8. The molecule has 0 unspecified atom stereocenters. The number of unbranched alkanes of at least 4 members (excludes halogenated alkanes) is 2. The monoisotopic (exact) mass is 421 g/mol. The van der Waals surface area contributed by atoms with Crippen LogP contribution in [0.5, 0.6) is 0 Å². The molecule has 1 aliphatic heterocycles. The molecule has 2 aromatic rings. The number of imide groups is 1. The lowest BCUT2D eigenvalue weighted by atomic mass is 10.1. The van der Waals surface area contributed by atoms with Crippen LogP contribution in [0.15, 0.2) is 39.7 Å². The molecule has 152 valence electrons. The van der Waals surface area contributed by atoms with E-state index in [1.165, 1.54) is 12.1 Å². The van der Waals surface area contributed by atoms with Crippen molar-refractivity contribution >= 4 is 35.0 Å². The molecule has 3 rings (SSSR count). The third-order valence-electron chi connectivity index (χ3n) is 4.25. The number of aliphatic carboxylic acids is 1. The van der Waals surface area contributed by atoms with Crippen LogP contribution in [0, 0.1) is 11.6 Å². The van der Waals surface area contributed by atoms with Gasteiger partial charge >= 0.3 is 5.97 Å². The fraction of sp³-hybridized carbons (Fsp3) is 0.250. The van der Waals surface area contributed by atoms with Crippen molar-refractivity contribution in [2.45, 2.75) is 25.7 Å². The van der Waals surface area contributed by atoms with E-state index < -0.39 is 28.8 Å². The van der Waals surface area contributed by atoms with Gasteiger partial charge in [-0.3, -0.25) is 19.3 Å². The van der Waals surface area contributed by atoms with Crippen molar-refractivity contribution in [2.24, 2.45) is 0 Å². The lowest BCUT2D eigenvalue weighted by molar-refractivity contribution is -0.137. The van der Waals surface area contributed by atoms with Gasteiger partial charge in [0.05, 0.1) is 4.91 Å². The second-order valence-corrected chi connectivity index (χ2v) is 7.36. The summed E-state index contributed by atoms with van der Waals surface area (Å²) in [5.74, 6) is -2.67. The van der Waals surface area contributed by atoms with Gasteiger partial charge in [-0.1, -0.05) is 6.42 Å². The molecule has 0 aliphatic carbocycles. The molecule has 0 bridgehead atoms. The first-order valence-corrected chi connectivity index (χ1v) is 9.69. The molecule has 0 spiro atoms. The number of furan rings is 1. The van der Waals surface area contributed by atoms with E-state index in [4.69, 9.17) is 9.52 Å². The van der Waals surface area contributed by atoms with Gasteiger partial charge < -0.3 is 9.52 Å². The molecule has 2 heterocycles. The fourth-order valence-electron chi connectivity index (χ4n) is 2.78. The third kappa shape index (κ3) is 5.11. The molecular formula is C20H17F2NO5S. The Kier molecular flexibility index (Phi) is 6.48. The third-order valence-corrected chi connectivity index (χ3v) is 5.16. The minimum atomic E-state index is -0.995. The van der Waals surface area contributed by atoms with Crippen LogP contribution in [0.2, 0.25) is 0 Å². The topological polar surface area (TPSA) is 87.8 Å². The Labute approximate surface area is 169 Å². The number of benzene rings is 1. The quantitative estimate of drug-likeness (QED) is 0.482. The number of carboxylic acids is 1. The molecule has 1 fully saturated rings. The van der Waals surface area contributed by atoms with E-state index in [9.17, 15) is 23.2 Å². The van der Waals surface area contributed by atoms with Gasteiger partial charge in [-0.2, -0.15) is 0 Å². The van der Waals surface area contributed by atoms with Gasteiger partial charge in [0, 0.05) is 24.6 Å². The molecule has 1 saturated heterocycles. The number of hydrogen-bond donors (Lipinski definition) is 1. The average molecular weight is 421 g/mol. The molecule has 0 atom stereocenters. The van der Waals surface area contributed by atoms with Gasteiger partial charge in [0.15, 0.2) is 11.6 Å². The Balaban J connectivity index is 1.64. The maximum absolute atomic E-state index is 13.4. The Morgan fingerprint density at radius 1 is 1.10 bits per heavy atom. The molecule has 0 radical (unpaired) electrons. The molecule has 1 aromatic carbocycles. The van der Waals surface area contributed by atoms with Gasteiger partial charge in [0.25, 0.3) is 11.1 Å². The molecule has 6 nitrogen and oxygen atoms in total. The number of thioether (sulfide) groups is 1. The van der Waals surface area contributed by atoms with Crippen LogP contribution in [0.1, 0.15) is 31.4 Å². The van der Waals surface area contributed by atoms with Crippen LogP contribution in [0.25, 0.3) is 17.4 Å². The Morgan fingerprint density at radius 2 is 1.90 bits per heavy atom. The summed E-state index contributed by atoms with van der Waals surface area (Å²) < 4.78 is 32.0. The average Bonchev–Trinajstić information content (AvgIpc) is 3.23. The molecule has 1 aromatic heterocycles. The van der Waals surface area contributed by atoms with E-state index in [2.05, 4.69) is 0 Å². The zero-order valence-corrected chi connectivity index (χ0v) is 16.0. The normalized spacial score (nSPS) is 15.5. The highest BCUT2D eigenvalue weighted by atomic mass is 32.2. The Morgan fingerprint density at radius 3 is 2.62 bits per heavy atom. The number of carboxylic acid groups (broad SMARTS) is 1. The Hall–Kier alpha value is -2.94. The maximum Gasteiger partial charge on any atom is 0.303 e. The van der Waals surface area contributed by atoms with Crippen molar-refractivity contribution in [3.05, 3.63) is 52.6 Å². The number of hydrogen-bond acceptors (Lipinski definition) is 5. The van der Waals surface area contributed by atoms with Crippen LogP contribution in [-0.4, -0.2) is 33.7 Å². The molecule has 1 aliphatic rings. The van der Waals surface area contributed by atoms with Gasteiger partial charge in [-0.05, 0) is 54.9 Å². The van der Waals surface area contributed by atoms with Crippen molar-refractivity contribution in [3.63, 3.8) is 0 Å². The molecule has 9 heteroatoms. The van der Waals surface area contributed by atoms with Crippen LogP contribution < -0.4 is 0 Å². The van der Waals surface area contributed by atoms with Crippen molar-refractivity contribution < 1.29 is 32.7 Å². The van der Waals surface area contributed by atoms with E-state index in [1.54, 1.807) is 12.1 Å². The largest absolute Gasteiger partial charge is 0.481 e. The van der Waals surface area contributed by atoms with Crippen molar-refractivity contribution in [3.8, 4) is 11.3 Å². The predicted octanol–water partition coefficient (Wildman–Crippen LogP) is 4.91. The number of carbonyl (C=O) groups excluding carboxylic acids is 2. The van der Waals surface area contributed by atoms with Crippen LogP contribution in [0.4, 0.5) is 13.6 Å². The number of carbonyl (C=O) groups is 3. The summed E-state index contributed by atoms with van der Waals surface area (Å²) in [5.41, 5.74) is 0.345. The van der Waals surface area contributed by atoms with E-state index in [0.29, 0.717) is 36.3 Å². The second kappa shape index (κ2) is 9.04. The number of amides is 2. The summed E-state index contributed by atoms with van der Waals surface area (Å²) in [6.07, 6.45) is 3.10. The van der Waals surface area contributed by atoms with E-state index in [0.717, 1.165) is 28.8 Å². The highest BCUT2D eigenvalue weighted by molar-refractivity contribution is 8.18. The first kappa shape index (κ1) is 20.8. The smallest absolute Gasteiger partial charge is 0.303 e. The lowest BCUT2D eigenvalue weighted by Crippen LogP contribution is -2.29. The van der Waals surface area contributed by atoms with Crippen molar-refractivity contribution in [1.82, 2.24) is 4.90 Å². The lowest BCUT2D eigenvalue weighted by Gasteiger charge is -2.11. The number of halogens is 2. The summed E-state index contributed by atoms with van der Waals surface area (Å²) in [6, 6.07) is 6.51. The summed E-state index contributed by atoms with van der Waals surface area (Å²) in [7, 11) is 0. The van der Waals surface area contributed by atoms with Crippen LogP contribution in [-0.2, 0) is 9.59 Å². The highest BCUT2D eigenvalue weighted by Crippen LogP contribution is 2.33. The van der Waals surface area contributed by atoms with Crippen LogP contribution >= 0.6 is 11.8 Å². The zero-order chi connectivity index (χ0) is 21.0. The minimum Gasteiger partial charge on any atom is -0.481 e. The second-order valence-electron chi connectivity index (χ2n) is 6.37. The Bertz CT molecular complexity index is 985. The number of rotatable bonds is 8. The maximum atomic E-state index is 13.4. The summed E-state index contributed by atoms with van der Waals surface area (Å²) in [4.78, 5) is 36.3. The predicted molar refractivity (Wildman–Crippen MR) is 103 cm³/mol. The highest BCUT2D eigenvalue weighted by Gasteiger charge is 2.34. The first-order valence-electron chi connectivity index (χ1n) is 8.87. The molecule has 2 amide bonds. The molecule has 1 N–H and O–H groups in total. The van der Waals surface area contributed by atoms with E-state index in [-0.39, 0.29) is 17.9 Å². The molecule has 0 saturated carbocycles. The summed E-state index contributed by atoms with van der Waals surface area (Å²) >= 11 is 0.790. The molecule has 29 heavy (non-hydrogen) atoms. The van der Waals surface area contributed by atoms with Crippen molar-refractivity contribution in [2.75, 3.05) is 6.54 Å².